The van der Waals surface area contributed by atoms with Gasteiger partial charge in [-0.15, -0.1) is 0 Å². The Morgan fingerprint density at radius 3 is 2.52 bits per heavy atom. The summed E-state index contributed by atoms with van der Waals surface area (Å²) in [6.07, 6.45) is 0. The Kier molecular flexibility index (Phi) is 3.65. The number of anilines is 2. The van der Waals surface area contributed by atoms with Crippen molar-refractivity contribution in [1.29, 1.82) is 0 Å². The Morgan fingerprint density at radius 2 is 1.86 bits per heavy atom. The molecule has 112 valence electrons. The van der Waals surface area contributed by atoms with Crippen molar-refractivity contribution < 1.29 is 14.7 Å². The molecular formula is C15H19N3O3. The molecule has 0 radical (unpaired) electrons. The molecule has 0 saturated carbocycles. The molecule has 0 aliphatic carbocycles. The van der Waals surface area contributed by atoms with Gasteiger partial charge in [-0.3, -0.25) is 14.5 Å². The predicted octanol–water partition coefficient (Wildman–Crippen LogP) is -0.0400. The molecule has 0 bridgehead atoms. The normalized spacial score (nSPS) is 19.3. The molecule has 0 unspecified atom stereocenters. The third-order valence-corrected chi connectivity index (χ3v) is 4.24. The van der Waals surface area contributed by atoms with E-state index in [1.807, 2.05) is 12.1 Å². The molecule has 21 heavy (non-hydrogen) atoms. The van der Waals surface area contributed by atoms with E-state index < -0.39 is 11.7 Å². The zero-order valence-corrected chi connectivity index (χ0v) is 12.1. The van der Waals surface area contributed by atoms with E-state index >= 15 is 0 Å². The first-order valence-corrected chi connectivity index (χ1v) is 7.16. The molecule has 1 aromatic rings. The summed E-state index contributed by atoms with van der Waals surface area (Å²) in [5.74, 6) is -0.887. The van der Waals surface area contributed by atoms with E-state index in [1.165, 1.54) is 4.90 Å². The van der Waals surface area contributed by atoms with Gasteiger partial charge in [0.2, 0.25) is 0 Å². The number of aliphatic hydroxyl groups excluding tert-OH is 1. The Balaban J connectivity index is 1.77. The van der Waals surface area contributed by atoms with E-state index in [2.05, 4.69) is 9.80 Å². The summed E-state index contributed by atoms with van der Waals surface area (Å²) in [5, 5.41) is 8.96. The van der Waals surface area contributed by atoms with Crippen molar-refractivity contribution in [2.75, 3.05) is 56.2 Å². The minimum absolute atomic E-state index is 0.188. The molecule has 1 aromatic carbocycles. The second kappa shape index (κ2) is 5.46. The van der Waals surface area contributed by atoms with Crippen molar-refractivity contribution in [3.05, 3.63) is 23.8 Å². The molecule has 2 aliphatic heterocycles. The zero-order chi connectivity index (χ0) is 15.0. The van der Waals surface area contributed by atoms with E-state index in [4.69, 9.17) is 5.11 Å². The first-order chi connectivity index (χ1) is 10.1. The SMILES string of the molecule is CN1C(=O)C(=O)c2ccc(N3CCN(CCO)CC3)cc21. The minimum atomic E-state index is -0.463. The van der Waals surface area contributed by atoms with Crippen molar-refractivity contribution in [2.24, 2.45) is 0 Å². The van der Waals surface area contributed by atoms with Crippen LogP contribution in [-0.4, -0.2) is 68.1 Å². The smallest absolute Gasteiger partial charge is 0.299 e. The van der Waals surface area contributed by atoms with E-state index in [-0.39, 0.29) is 6.61 Å². The van der Waals surface area contributed by atoms with Crippen molar-refractivity contribution in [3.63, 3.8) is 0 Å². The van der Waals surface area contributed by atoms with Crippen molar-refractivity contribution in [3.8, 4) is 0 Å². The molecule has 2 aliphatic rings. The number of nitrogens with zero attached hydrogens (tertiary/aromatic N) is 3. The number of piperazine rings is 1. The van der Waals surface area contributed by atoms with Crippen LogP contribution in [0.5, 0.6) is 0 Å². The fourth-order valence-corrected chi connectivity index (χ4v) is 2.93. The number of carbonyl (C=O) groups is 2. The highest BCUT2D eigenvalue weighted by Gasteiger charge is 2.33. The summed E-state index contributed by atoms with van der Waals surface area (Å²) in [5.41, 5.74) is 2.22. The standard InChI is InChI=1S/C15H19N3O3/c1-16-13-10-11(2-3-12(13)14(20)15(16)21)18-6-4-17(5-7-18)8-9-19/h2-3,10,19H,4-9H2,1H3. The number of benzene rings is 1. The fraction of sp³-hybridized carbons (Fsp3) is 0.467. The lowest BCUT2D eigenvalue weighted by molar-refractivity contribution is -0.114. The number of Topliss-reactive ketones (excluding diaryl/α,β-unsaturated/α-hetero) is 1. The van der Waals surface area contributed by atoms with Gasteiger partial charge in [-0.25, -0.2) is 0 Å². The first kappa shape index (κ1) is 14.0. The largest absolute Gasteiger partial charge is 0.395 e. The number of β-amino-alcohol motifs (C(OH)–C–C–N with tert-alkyl or cyclic N) is 1. The lowest BCUT2D eigenvalue weighted by Gasteiger charge is -2.36. The second-order valence-electron chi connectivity index (χ2n) is 5.45. The lowest BCUT2D eigenvalue weighted by atomic mass is 10.1. The van der Waals surface area contributed by atoms with Gasteiger partial charge >= 0.3 is 0 Å². The van der Waals surface area contributed by atoms with E-state index in [0.29, 0.717) is 17.8 Å². The number of rotatable bonds is 3. The fourth-order valence-electron chi connectivity index (χ4n) is 2.93. The van der Waals surface area contributed by atoms with E-state index in [9.17, 15) is 9.59 Å². The van der Waals surface area contributed by atoms with Gasteiger partial charge < -0.3 is 14.9 Å². The van der Waals surface area contributed by atoms with E-state index in [0.717, 1.165) is 31.9 Å². The Bertz CT molecular complexity index is 580. The minimum Gasteiger partial charge on any atom is -0.395 e. The summed E-state index contributed by atoms with van der Waals surface area (Å²) in [6, 6.07) is 5.57. The van der Waals surface area contributed by atoms with Crippen LogP contribution in [0.3, 0.4) is 0 Å². The maximum atomic E-state index is 11.8. The average Bonchev–Trinajstić information content (AvgIpc) is 2.73. The van der Waals surface area contributed by atoms with Crippen LogP contribution in [0.15, 0.2) is 18.2 Å². The summed E-state index contributed by atoms with van der Waals surface area (Å²) in [7, 11) is 1.63. The molecule has 6 nitrogen and oxygen atoms in total. The summed E-state index contributed by atoms with van der Waals surface area (Å²) < 4.78 is 0. The Morgan fingerprint density at radius 1 is 1.14 bits per heavy atom. The zero-order valence-electron chi connectivity index (χ0n) is 12.1. The molecule has 2 heterocycles. The van der Waals surface area contributed by atoms with Gasteiger partial charge in [-0.1, -0.05) is 0 Å². The van der Waals surface area contributed by atoms with Gasteiger partial charge in [-0.05, 0) is 18.2 Å². The van der Waals surface area contributed by atoms with Gasteiger partial charge in [0.1, 0.15) is 0 Å². The Hall–Kier alpha value is -1.92. The topological polar surface area (TPSA) is 64.1 Å². The predicted molar refractivity (Wildman–Crippen MR) is 79.9 cm³/mol. The summed E-state index contributed by atoms with van der Waals surface area (Å²) >= 11 is 0. The van der Waals surface area contributed by atoms with Gasteiger partial charge in [0.15, 0.2) is 0 Å². The number of carbonyl (C=O) groups excluding carboxylic acids is 2. The van der Waals surface area contributed by atoms with Crippen molar-refractivity contribution in [2.45, 2.75) is 0 Å². The average molecular weight is 289 g/mol. The van der Waals surface area contributed by atoms with Crippen LogP contribution >= 0.6 is 0 Å². The molecule has 1 fully saturated rings. The first-order valence-electron chi connectivity index (χ1n) is 7.16. The number of ketones is 1. The van der Waals surface area contributed by atoms with Crippen molar-refractivity contribution in [1.82, 2.24) is 4.90 Å². The van der Waals surface area contributed by atoms with Crippen LogP contribution in [0.1, 0.15) is 10.4 Å². The van der Waals surface area contributed by atoms with Crippen LogP contribution in [0, 0.1) is 0 Å². The number of likely N-dealkylation sites (N-methyl/N-ethyl adjacent to an activating group) is 1. The molecule has 1 amide bonds. The lowest BCUT2D eigenvalue weighted by Crippen LogP contribution is -2.47. The summed E-state index contributed by atoms with van der Waals surface area (Å²) in [4.78, 5) is 29.4. The molecular weight excluding hydrogens is 270 g/mol. The molecule has 1 N–H and O–H groups in total. The van der Waals surface area contributed by atoms with Gasteiger partial charge in [0.25, 0.3) is 11.7 Å². The Labute approximate surface area is 123 Å². The highest BCUT2D eigenvalue weighted by molar-refractivity contribution is 6.52. The van der Waals surface area contributed by atoms with Crippen molar-refractivity contribution >= 4 is 23.1 Å². The van der Waals surface area contributed by atoms with Crippen LogP contribution < -0.4 is 9.80 Å². The van der Waals surface area contributed by atoms with Gasteiger partial charge in [0.05, 0.1) is 17.9 Å². The van der Waals surface area contributed by atoms with Crippen LogP contribution in [-0.2, 0) is 4.79 Å². The molecule has 6 heteroatoms. The molecule has 3 rings (SSSR count). The quantitative estimate of drug-likeness (QED) is 0.791. The van der Waals surface area contributed by atoms with E-state index in [1.54, 1.807) is 13.1 Å². The highest BCUT2D eigenvalue weighted by atomic mass is 16.3. The maximum absolute atomic E-state index is 11.8. The third kappa shape index (κ3) is 2.41. The van der Waals surface area contributed by atoms with Crippen LogP contribution in [0.2, 0.25) is 0 Å². The number of hydrogen-bond acceptors (Lipinski definition) is 5. The second-order valence-corrected chi connectivity index (χ2v) is 5.45. The number of aliphatic hydroxyl groups is 1. The molecule has 0 atom stereocenters. The molecule has 0 spiro atoms. The van der Waals surface area contributed by atoms with Gasteiger partial charge in [-0.2, -0.15) is 0 Å². The van der Waals surface area contributed by atoms with Crippen LogP contribution in [0.4, 0.5) is 11.4 Å². The number of amides is 1. The maximum Gasteiger partial charge on any atom is 0.299 e. The summed E-state index contributed by atoms with van der Waals surface area (Å²) in [6.45, 7) is 4.48. The number of fused-ring (bicyclic) bond motifs is 1. The monoisotopic (exact) mass is 289 g/mol. The molecule has 0 aromatic heterocycles. The highest BCUT2D eigenvalue weighted by Crippen LogP contribution is 2.32. The number of hydrogen-bond donors (Lipinski definition) is 1. The third-order valence-electron chi connectivity index (χ3n) is 4.24. The van der Waals surface area contributed by atoms with Gasteiger partial charge in [0, 0.05) is 45.5 Å². The molecule has 1 saturated heterocycles. The van der Waals surface area contributed by atoms with Crippen LogP contribution in [0.25, 0.3) is 0 Å².